The van der Waals surface area contributed by atoms with Crippen molar-refractivity contribution < 1.29 is 9.53 Å². The summed E-state index contributed by atoms with van der Waals surface area (Å²) in [6.07, 6.45) is 3.68. The summed E-state index contributed by atoms with van der Waals surface area (Å²) >= 11 is 1.77. The normalized spacial score (nSPS) is 17.2. The van der Waals surface area contributed by atoms with Crippen LogP contribution in [0.3, 0.4) is 0 Å². The monoisotopic (exact) mass is 358 g/mol. The largest absolute Gasteiger partial charge is 0.492 e. The van der Waals surface area contributed by atoms with Gasteiger partial charge in [-0.1, -0.05) is 24.3 Å². The molecule has 1 aliphatic rings. The van der Waals surface area contributed by atoms with Crippen molar-refractivity contribution in [3.8, 4) is 5.75 Å². The summed E-state index contributed by atoms with van der Waals surface area (Å²) < 4.78 is 5.67. The van der Waals surface area contributed by atoms with E-state index >= 15 is 0 Å². The number of nitrogens with zero attached hydrogens (tertiary/aromatic N) is 1. The molecule has 1 unspecified atom stereocenters. The molecule has 0 aliphatic carbocycles. The lowest BCUT2D eigenvalue weighted by Crippen LogP contribution is -2.37. The first-order valence-electron chi connectivity index (χ1n) is 9.03. The highest BCUT2D eigenvalue weighted by Crippen LogP contribution is 2.22. The zero-order valence-electron chi connectivity index (χ0n) is 14.5. The molecule has 0 spiro atoms. The fourth-order valence-corrected chi connectivity index (χ4v) is 3.94. The lowest BCUT2D eigenvalue weighted by atomic mass is 10.1. The third-order valence-corrected chi connectivity index (χ3v) is 5.51. The van der Waals surface area contributed by atoms with Crippen LogP contribution in [0.1, 0.15) is 24.1 Å². The summed E-state index contributed by atoms with van der Waals surface area (Å²) in [5, 5.41) is 5.52. The first kappa shape index (κ1) is 18.0. The van der Waals surface area contributed by atoms with Crippen LogP contribution < -0.4 is 10.1 Å². The number of carbonyl (C=O) groups excluding carboxylic acids is 1. The van der Waals surface area contributed by atoms with Gasteiger partial charge in [-0.2, -0.15) is 0 Å². The maximum atomic E-state index is 12.1. The number of thiophene rings is 1. The molecule has 1 saturated heterocycles. The van der Waals surface area contributed by atoms with Crippen LogP contribution in [0.4, 0.5) is 0 Å². The van der Waals surface area contributed by atoms with Crippen LogP contribution in [0.15, 0.2) is 47.8 Å². The van der Waals surface area contributed by atoms with E-state index in [9.17, 15) is 4.79 Å². The van der Waals surface area contributed by atoms with Crippen LogP contribution in [0.2, 0.25) is 0 Å². The van der Waals surface area contributed by atoms with Gasteiger partial charge < -0.3 is 15.0 Å². The smallest absolute Gasteiger partial charge is 0.222 e. The predicted molar refractivity (Wildman–Crippen MR) is 102 cm³/mol. The van der Waals surface area contributed by atoms with Crippen LogP contribution in [0.5, 0.6) is 5.75 Å². The molecule has 25 heavy (non-hydrogen) atoms. The third kappa shape index (κ3) is 5.58. The molecule has 1 aliphatic heterocycles. The molecule has 4 nitrogen and oxygen atoms in total. The van der Waals surface area contributed by atoms with Crippen LogP contribution in [0, 0.1) is 0 Å². The minimum absolute atomic E-state index is 0.314. The molecular formula is C20H26N2O2S. The molecule has 0 bridgehead atoms. The second kappa shape index (κ2) is 9.59. The molecule has 1 atom stereocenters. The Morgan fingerprint density at radius 2 is 2.04 bits per heavy atom. The second-order valence-corrected chi connectivity index (χ2v) is 7.34. The molecule has 1 fully saturated rings. The van der Waals surface area contributed by atoms with Gasteiger partial charge in [0.25, 0.3) is 0 Å². The highest BCUT2D eigenvalue weighted by atomic mass is 32.1. The van der Waals surface area contributed by atoms with Crippen LogP contribution in [-0.2, 0) is 11.2 Å². The van der Waals surface area contributed by atoms with E-state index in [1.165, 1.54) is 4.88 Å². The van der Waals surface area contributed by atoms with Crippen LogP contribution in [-0.4, -0.2) is 43.1 Å². The predicted octanol–water partition coefficient (Wildman–Crippen LogP) is 3.34. The molecule has 2 aromatic rings. The number of nitrogens with one attached hydrogen (secondary N) is 1. The van der Waals surface area contributed by atoms with Gasteiger partial charge in [-0.3, -0.25) is 4.79 Å². The van der Waals surface area contributed by atoms with Gasteiger partial charge in [0.15, 0.2) is 0 Å². The number of likely N-dealkylation sites (tertiary alicyclic amines) is 1. The van der Waals surface area contributed by atoms with Gasteiger partial charge in [-0.25, -0.2) is 0 Å². The van der Waals surface area contributed by atoms with E-state index in [0.29, 0.717) is 25.0 Å². The maximum absolute atomic E-state index is 12.1. The Labute approximate surface area is 153 Å². The molecule has 1 aromatic carbocycles. The second-order valence-electron chi connectivity index (χ2n) is 6.31. The summed E-state index contributed by atoms with van der Waals surface area (Å²) in [5.41, 5.74) is 0. The molecule has 0 saturated carbocycles. The molecule has 0 radical (unpaired) electrons. The van der Waals surface area contributed by atoms with E-state index in [0.717, 1.165) is 44.6 Å². The van der Waals surface area contributed by atoms with E-state index in [-0.39, 0.29) is 0 Å². The molecule has 1 aromatic heterocycles. The fourth-order valence-electron chi connectivity index (χ4n) is 3.24. The van der Waals surface area contributed by atoms with Crippen LogP contribution in [0.25, 0.3) is 0 Å². The van der Waals surface area contributed by atoms with Crippen molar-refractivity contribution in [3.63, 3.8) is 0 Å². The molecule has 134 valence electrons. The number of hydrogen-bond donors (Lipinski definition) is 1. The van der Waals surface area contributed by atoms with E-state index in [4.69, 9.17) is 4.74 Å². The molecule has 2 heterocycles. The zero-order valence-corrected chi connectivity index (χ0v) is 15.3. The standard InChI is InChI=1S/C20H26N2O2S/c23-20-9-8-17(22(20)14-11-19-7-4-16-25-19)10-12-21-13-15-24-18-5-2-1-3-6-18/h1-7,16-17,21H,8-15H2. The quantitative estimate of drug-likeness (QED) is 0.662. The fraction of sp³-hybridized carbons (Fsp3) is 0.450. The molecule has 5 heteroatoms. The Kier molecular flexibility index (Phi) is 6.89. The van der Waals surface area contributed by atoms with Crippen molar-refractivity contribution >= 4 is 17.2 Å². The van der Waals surface area contributed by atoms with Crippen molar-refractivity contribution in [1.29, 1.82) is 0 Å². The maximum Gasteiger partial charge on any atom is 0.222 e. The molecule has 1 amide bonds. The Morgan fingerprint density at radius 3 is 2.84 bits per heavy atom. The highest BCUT2D eigenvalue weighted by molar-refractivity contribution is 7.09. The number of rotatable bonds is 10. The van der Waals surface area contributed by atoms with Gasteiger partial charge >= 0.3 is 0 Å². The van der Waals surface area contributed by atoms with Crippen LogP contribution >= 0.6 is 11.3 Å². The number of carbonyl (C=O) groups is 1. The number of para-hydroxylation sites is 1. The van der Waals surface area contributed by atoms with E-state index in [1.54, 1.807) is 11.3 Å². The first-order chi connectivity index (χ1) is 12.3. The Morgan fingerprint density at radius 1 is 1.16 bits per heavy atom. The van der Waals surface area contributed by atoms with E-state index in [1.807, 2.05) is 30.3 Å². The average molecular weight is 359 g/mol. The minimum Gasteiger partial charge on any atom is -0.492 e. The number of amides is 1. The first-order valence-corrected chi connectivity index (χ1v) is 9.91. The van der Waals surface area contributed by atoms with Crippen molar-refractivity contribution in [2.24, 2.45) is 0 Å². The Balaban J connectivity index is 1.32. The molecule has 3 rings (SSSR count). The van der Waals surface area contributed by atoms with Gasteiger partial charge in [0, 0.05) is 30.4 Å². The summed E-state index contributed by atoms with van der Waals surface area (Å²) in [6.45, 7) is 3.26. The van der Waals surface area contributed by atoms with Crippen molar-refractivity contribution in [3.05, 3.63) is 52.7 Å². The number of benzene rings is 1. The third-order valence-electron chi connectivity index (χ3n) is 4.58. The van der Waals surface area contributed by atoms with Gasteiger partial charge in [0.1, 0.15) is 12.4 Å². The number of hydrogen-bond acceptors (Lipinski definition) is 4. The highest BCUT2D eigenvalue weighted by Gasteiger charge is 2.29. The summed E-state index contributed by atoms with van der Waals surface area (Å²) in [6, 6.07) is 14.5. The SMILES string of the molecule is O=C1CCC(CCNCCOc2ccccc2)N1CCc1cccs1. The van der Waals surface area contributed by atoms with E-state index < -0.39 is 0 Å². The Hall–Kier alpha value is -1.85. The molecular weight excluding hydrogens is 332 g/mol. The zero-order chi connectivity index (χ0) is 17.3. The van der Waals surface area contributed by atoms with Gasteiger partial charge in [-0.05, 0) is 49.4 Å². The van der Waals surface area contributed by atoms with Gasteiger partial charge in [-0.15, -0.1) is 11.3 Å². The lowest BCUT2D eigenvalue weighted by Gasteiger charge is -2.24. The van der Waals surface area contributed by atoms with E-state index in [2.05, 4.69) is 27.7 Å². The number of ether oxygens (including phenoxy) is 1. The lowest BCUT2D eigenvalue weighted by molar-refractivity contribution is -0.128. The van der Waals surface area contributed by atoms with Crippen molar-refractivity contribution in [1.82, 2.24) is 10.2 Å². The van der Waals surface area contributed by atoms with Crippen molar-refractivity contribution in [2.75, 3.05) is 26.2 Å². The topological polar surface area (TPSA) is 41.6 Å². The minimum atomic E-state index is 0.314. The average Bonchev–Trinajstić information content (AvgIpc) is 3.27. The summed E-state index contributed by atoms with van der Waals surface area (Å²) in [4.78, 5) is 15.6. The summed E-state index contributed by atoms with van der Waals surface area (Å²) in [5.74, 6) is 1.22. The Bertz CT molecular complexity index is 630. The van der Waals surface area contributed by atoms with Gasteiger partial charge in [0.05, 0.1) is 0 Å². The summed E-state index contributed by atoms with van der Waals surface area (Å²) in [7, 11) is 0. The van der Waals surface area contributed by atoms with Crippen molar-refractivity contribution in [2.45, 2.75) is 31.7 Å². The van der Waals surface area contributed by atoms with Gasteiger partial charge in [0.2, 0.25) is 5.91 Å². The molecule has 1 N–H and O–H groups in total.